The van der Waals surface area contributed by atoms with E-state index in [4.69, 9.17) is 5.84 Å². The fourth-order valence-corrected chi connectivity index (χ4v) is 2.04. The molecule has 2 rings (SSSR count). The Balaban J connectivity index is 2.36. The summed E-state index contributed by atoms with van der Waals surface area (Å²) < 4.78 is 0. The van der Waals surface area contributed by atoms with Gasteiger partial charge in [0.05, 0.1) is 16.3 Å². The van der Waals surface area contributed by atoms with Crippen molar-refractivity contribution >= 4 is 28.8 Å². The van der Waals surface area contributed by atoms with E-state index in [1.807, 2.05) is 48.7 Å². The Morgan fingerprint density at radius 3 is 1.88 bits per heavy atom. The van der Waals surface area contributed by atoms with Crippen LogP contribution in [0.1, 0.15) is 0 Å². The number of nitrogens with one attached hydrogen (secondary N) is 2. The second-order valence-electron chi connectivity index (χ2n) is 5.11. The van der Waals surface area contributed by atoms with Gasteiger partial charge in [-0.1, -0.05) is 0 Å². The van der Waals surface area contributed by atoms with E-state index >= 15 is 0 Å². The van der Waals surface area contributed by atoms with E-state index in [0.717, 1.165) is 5.69 Å². The average molecular weight is 330 g/mol. The van der Waals surface area contributed by atoms with Gasteiger partial charge in [-0.05, 0) is 36.4 Å². The summed E-state index contributed by atoms with van der Waals surface area (Å²) in [5.41, 5.74) is 6.72. The molecule has 0 aliphatic carbocycles. The minimum absolute atomic E-state index is 0.0371. The van der Waals surface area contributed by atoms with Crippen molar-refractivity contribution in [1.29, 1.82) is 0 Å². The highest BCUT2D eigenvalue weighted by Gasteiger charge is 2.14. The molecule has 2 aromatic carbocycles. The standard InChI is InChI=1S/C15H18N6O3/c1-19(2)11-3-5-12(6-4-11)20(18-15(22)17-16)13-7-9-14(10-8-13)21(23)24/h3-10H,16H2,1-2H3,(H2,17,18,22). The van der Waals surface area contributed by atoms with E-state index in [0.29, 0.717) is 11.4 Å². The molecule has 24 heavy (non-hydrogen) atoms. The Morgan fingerprint density at radius 2 is 1.46 bits per heavy atom. The largest absolute Gasteiger partial charge is 0.378 e. The normalized spacial score (nSPS) is 9.96. The number of benzene rings is 2. The van der Waals surface area contributed by atoms with Gasteiger partial charge in [0.2, 0.25) is 0 Å². The third kappa shape index (κ3) is 3.90. The zero-order valence-corrected chi connectivity index (χ0v) is 13.3. The van der Waals surface area contributed by atoms with Crippen LogP contribution in [0.25, 0.3) is 0 Å². The first-order valence-corrected chi connectivity index (χ1v) is 7.01. The number of rotatable bonds is 5. The van der Waals surface area contributed by atoms with Crippen LogP contribution in [0.4, 0.5) is 27.5 Å². The second-order valence-corrected chi connectivity index (χ2v) is 5.11. The molecule has 0 radical (unpaired) electrons. The summed E-state index contributed by atoms with van der Waals surface area (Å²) in [6.45, 7) is 0. The first kappa shape index (κ1) is 17.0. The number of hydrazine groups is 2. The number of urea groups is 1. The smallest absolute Gasteiger partial charge is 0.348 e. The number of non-ortho nitro benzene ring substituents is 1. The minimum atomic E-state index is -0.620. The van der Waals surface area contributed by atoms with E-state index in [1.165, 1.54) is 29.3 Å². The lowest BCUT2D eigenvalue weighted by atomic mass is 10.2. The van der Waals surface area contributed by atoms with Crippen LogP contribution in [0.2, 0.25) is 0 Å². The maximum atomic E-state index is 11.6. The molecule has 0 aliphatic rings. The predicted octanol–water partition coefficient (Wildman–Crippen LogP) is 1.89. The number of nitrogens with two attached hydrogens (primary N) is 1. The van der Waals surface area contributed by atoms with Crippen LogP contribution in [0.15, 0.2) is 48.5 Å². The third-order valence-electron chi connectivity index (χ3n) is 3.29. The SMILES string of the molecule is CN(C)c1ccc(N(NC(=O)NN)c2ccc([N+](=O)[O-])cc2)cc1. The molecular weight excluding hydrogens is 312 g/mol. The molecule has 0 aromatic heterocycles. The van der Waals surface area contributed by atoms with Gasteiger partial charge in [0, 0.05) is 31.9 Å². The number of amides is 2. The highest BCUT2D eigenvalue weighted by Crippen LogP contribution is 2.27. The number of nitro groups is 1. The van der Waals surface area contributed by atoms with Crippen molar-refractivity contribution in [3.8, 4) is 0 Å². The van der Waals surface area contributed by atoms with E-state index < -0.39 is 11.0 Å². The maximum Gasteiger partial charge on any atom is 0.348 e. The van der Waals surface area contributed by atoms with Crippen molar-refractivity contribution in [2.24, 2.45) is 5.84 Å². The van der Waals surface area contributed by atoms with Crippen molar-refractivity contribution in [2.45, 2.75) is 0 Å². The molecule has 0 aliphatic heterocycles. The molecular formula is C15H18N6O3. The number of carbonyl (C=O) groups is 1. The van der Waals surface area contributed by atoms with Crippen molar-refractivity contribution in [3.63, 3.8) is 0 Å². The topological polar surface area (TPSA) is 117 Å². The Morgan fingerprint density at radius 1 is 1.00 bits per heavy atom. The number of hydrogen-bond donors (Lipinski definition) is 3. The lowest BCUT2D eigenvalue weighted by Crippen LogP contribution is -2.47. The number of anilines is 3. The molecule has 2 aromatic rings. The molecule has 0 fully saturated rings. The molecule has 9 nitrogen and oxygen atoms in total. The highest BCUT2D eigenvalue weighted by molar-refractivity contribution is 5.79. The summed E-state index contributed by atoms with van der Waals surface area (Å²) >= 11 is 0. The zero-order chi connectivity index (χ0) is 17.7. The molecule has 0 spiro atoms. The fourth-order valence-electron chi connectivity index (χ4n) is 2.04. The summed E-state index contributed by atoms with van der Waals surface area (Å²) in [6, 6.07) is 12.6. The van der Waals surface area contributed by atoms with Crippen LogP contribution in [0.5, 0.6) is 0 Å². The summed E-state index contributed by atoms with van der Waals surface area (Å²) in [5.74, 6) is 5.12. The summed E-state index contributed by atoms with van der Waals surface area (Å²) in [4.78, 5) is 23.8. The van der Waals surface area contributed by atoms with Crippen LogP contribution < -0.4 is 26.6 Å². The van der Waals surface area contributed by atoms with E-state index in [9.17, 15) is 14.9 Å². The Hall–Kier alpha value is -3.33. The number of carbonyl (C=O) groups excluding carboxylic acids is 1. The quantitative estimate of drug-likeness (QED) is 0.333. The third-order valence-corrected chi connectivity index (χ3v) is 3.29. The van der Waals surface area contributed by atoms with Gasteiger partial charge in [-0.2, -0.15) is 0 Å². The number of nitro benzene ring substituents is 1. The Labute approximate surface area is 138 Å². The molecule has 0 heterocycles. The highest BCUT2D eigenvalue weighted by atomic mass is 16.6. The van der Waals surface area contributed by atoms with Gasteiger partial charge in [0.1, 0.15) is 0 Å². The Kier molecular flexibility index (Phi) is 5.17. The average Bonchev–Trinajstić information content (AvgIpc) is 2.59. The lowest BCUT2D eigenvalue weighted by Gasteiger charge is -2.25. The number of hydrogen-bond acceptors (Lipinski definition) is 6. The van der Waals surface area contributed by atoms with E-state index in [-0.39, 0.29) is 5.69 Å². The van der Waals surface area contributed by atoms with Crippen molar-refractivity contribution < 1.29 is 9.72 Å². The molecule has 0 saturated heterocycles. The lowest BCUT2D eigenvalue weighted by molar-refractivity contribution is -0.384. The van der Waals surface area contributed by atoms with Crippen molar-refractivity contribution in [2.75, 3.05) is 24.0 Å². The molecule has 4 N–H and O–H groups in total. The molecule has 0 unspecified atom stereocenters. The van der Waals surface area contributed by atoms with Gasteiger partial charge in [-0.15, -0.1) is 0 Å². The van der Waals surface area contributed by atoms with Crippen LogP contribution in [-0.2, 0) is 0 Å². The van der Waals surface area contributed by atoms with Crippen LogP contribution >= 0.6 is 0 Å². The summed E-state index contributed by atoms with van der Waals surface area (Å²) in [7, 11) is 3.84. The first-order valence-electron chi connectivity index (χ1n) is 7.01. The van der Waals surface area contributed by atoms with E-state index in [1.54, 1.807) is 0 Å². The van der Waals surface area contributed by atoms with Gasteiger partial charge in [0.15, 0.2) is 0 Å². The van der Waals surface area contributed by atoms with Gasteiger partial charge in [-0.3, -0.25) is 20.5 Å². The van der Waals surface area contributed by atoms with Crippen molar-refractivity contribution in [3.05, 3.63) is 58.6 Å². The molecule has 2 amide bonds. The van der Waals surface area contributed by atoms with Crippen LogP contribution in [-0.4, -0.2) is 25.0 Å². The Bertz CT molecular complexity index is 715. The predicted molar refractivity (Wildman–Crippen MR) is 91.9 cm³/mol. The number of nitrogens with zero attached hydrogens (tertiary/aromatic N) is 3. The molecule has 126 valence electrons. The second kappa shape index (κ2) is 7.29. The van der Waals surface area contributed by atoms with Gasteiger partial charge >= 0.3 is 6.03 Å². The molecule has 0 atom stereocenters. The van der Waals surface area contributed by atoms with Crippen LogP contribution in [0, 0.1) is 10.1 Å². The zero-order valence-electron chi connectivity index (χ0n) is 13.3. The van der Waals surface area contributed by atoms with Gasteiger partial charge in [-0.25, -0.2) is 16.1 Å². The maximum absolute atomic E-state index is 11.6. The fraction of sp³-hybridized carbons (Fsp3) is 0.133. The van der Waals surface area contributed by atoms with E-state index in [2.05, 4.69) is 5.43 Å². The minimum Gasteiger partial charge on any atom is -0.378 e. The van der Waals surface area contributed by atoms with Gasteiger partial charge in [0.25, 0.3) is 5.69 Å². The molecule has 0 saturated carbocycles. The van der Waals surface area contributed by atoms with Crippen molar-refractivity contribution in [1.82, 2.24) is 10.9 Å². The van der Waals surface area contributed by atoms with Crippen LogP contribution in [0.3, 0.4) is 0 Å². The van der Waals surface area contributed by atoms with Gasteiger partial charge < -0.3 is 4.90 Å². The monoisotopic (exact) mass is 330 g/mol. The summed E-state index contributed by atoms with van der Waals surface area (Å²) in [5, 5.41) is 12.2. The molecule has 0 bridgehead atoms. The first-order chi connectivity index (χ1) is 11.4. The summed E-state index contributed by atoms with van der Waals surface area (Å²) in [6.07, 6.45) is 0. The molecule has 9 heteroatoms.